The molecule has 1 aliphatic carbocycles. The van der Waals surface area contributed by atoms with Crippen molar-refractivity contribution in [2.24, 2.45) is 11.8 Å². The minimum absolute atomic E-state index is 0.0292. The van der Waals surface area contributed by atoms with Gasteiger partial charge in [0.1, 0.15) is 0 Å². The Morgan fingerprint density at radius 1 is 1.21 bits per heavy atom. The van der Waals surface area contributed by atoms with Crippen LogP contribution >= 0.6 is 23.6 Å². The Bertz CT molecular complexity index is 774. The number of carbonyl (C=O) groups excluding carboxylic acids is 1. The Morgan fingerprint density at radius 2 is 2.04 bits per heavy atom. The number of benzene rings is 1. The molecular formula is C21H30N4OS2. The van der Waals surface area contributed by atoms with Gasteiger partial charge in [0.15, 0.2) is 5.11 Å². The summed E-state index contributed by atoms with van der Waals surface area (Å²) in [5.41, 5.74) is 6.63. The normalized spacial score (nSPS) is 22.0. The third-order valence-electron chi connectivity index (χ3n) is 5.72. The first kappa shape index (κ1) is 21.0. The maximum absolute atomic E-state index is 12.0. The summed E-state index contributed by atoms with van der Waals surface area (Å²) in [6, 6.07) is 8.57. The highest BCUT2D eigenvalue weighted by molar-refractivity contribution is 7.80. The number of rotatable bonds is 6. The summed E-state index contributed by atoms with van der Waals surface area (Å²) < 4.78 is 1.22. The summed E-state index contributed by atoms with van der Waals surface area (Å²) in [5.74, 6) is 1.27. The fourth-order valence-electron chi connectivity index (χ4n) is 3.77. The smallest absolute Gasteiger partial charge is 0.238 e. The number of para-hydroxylation sites is 1. The number of aromatic nitrogens is 1. The summed E-state index contributed by atoms with van der Waals surface area (Å²) >= 11 is 7.07. The van der Waals surface area contributed by atoms with Crippen LogP contribution in [0.25, 0.3) is 10.2 Å². The molecule has 0 bridgehead atoms. The van der Waals surface area contributed by atoms with Crippen LogP contribution in [0, 0.1) is 11.8 Å². The Hall–Kier alpha value is -1.73. The lowest BCUT2D eigenvalue weighted by Gasteiger charge is -2.35. The summed E-state index contributed by atoms with van der Waals surface area (Å²) in [5, 5.41) is 5.00. The number of nitrogens with zero attached hydrogens (tertiary/aromatic N) is 1. The van der Waals surface area contributed by atoms with Crippen LogP contribution in [0.4, 0.5) is 0 Å². The van der Waals surface area contributed by atoms with Crippen LogP contribution in [0.3, 0.4) is 0 Å². The van der Waals surface area contributed by atoms with Gasteiger partial charge in [-0.15, -0.1) is 11.3 Å². The second-order valence-corrected chi connectivity index (χ2v) is 9.33. The number of hydrazine groups is 1. The Morgan fingerprint density at radius 3 is 2.86 bits per heavy atom. The fraction of sp³-hybridized carbons (Fsp3) is 0.571. The summed E-state index contributed by atoms with van der Waals surface area (Å²) in [6.07, 6.45) is 6.83. The summed E-state index contributed by atoms with van der Waals surface area (Å²) in [6.45, 7) is 4.57. The molecule has 2 aromatic rings. The Labute approximate surface area is 176 Å². The van der Waals surface area contributed by atoms with Gasteiger partial charge < -0.3 is 5.32 Å². The van der Waals surface area contributed by atoms with E-state index in [0.717, 1.165) is 36.2 Å². The number of amides is 1. The maximum atomic E-state index is 12.0. The van der Waals surface area contributed by atoms with E-state index in [1.807, 2.05) is 18.2 Å². The van der Waals surface area contributed by atoms with Gasteiger partial charge in [0.05, 0.1) is 15.2 Å². The van der Waals surface area contributed by atoms with Crippen molar-refractivity contribution in [1.82, 2.24) is 21.2 Å². The fourth-order valence-corrected chi connectivity index (χ4v) is 4.98. The first-order valence-corrected chi connectivity index (χ1v) is 11.4. The van der Waals surface area contributed by atoms with Crippen molar-refractivity contribution in [2.45, 2.75) is 64.8 Å². The number of unbranched alkanes of at least 4 members (excludes halogenated alkanes) is 1. The van der Waals surface area contributed by atoms with E-state index in [1.165, 1.54) is 17.5 Å². The summed E-state index contributed by atoms with van der Waals surface area (Å²) in [7, 11) is 0. The van der Waals surface area contributed by atoms with E-state index in [9.17, 15) is 4.79 Å². The zero-order valence-electron chi connectivity index (χ0n) is 16.7. The molecule has 1 heterocycles. The second kappa shape index (κ2) is 10.2. The SMILES string of the molecule is C[C@@H]1[C@@H](C)CCC[C@H]1NC(=S)NNC(=O)CCCCc1nc2ccccc2s1. The van der Waals surface area contributed by atoms with Gasteiger partial charge in [-0.25, -0.2) is 4.98 Å². The van der Waals surface area contributed by atoms with Gasteiger partial charge >= 0.3 is 0 Å². The van der Waals surface area contributed by atoms with Gasteiger partial charge in [-0.2, -0.15) is 0 Å². The number of carbonyl (C=O) groups is 1. The highest BCUT2D eigenvalue weighted by Crippen LogP contribution is 2.29. The second-order valence-electron chi connectivity index (χ2n) is 7.80. The highest BCUT2D eigenvalue weighted by Gasteiger charge is 2.27. The molecule has 5 nitrogen and oxygen atoms in total. The van der Waals surface area contributed by atoms with Crippen LogP contribution < -0.4 is 16.2 Å². The molecule has 7 heteroatoms. The van der Waals surface area contributed by atoms with Crippen LogP contribution in [0.15, 0.2) is 24.3 Å². The predicted octanol–water partition coefficient (Wildman–Crippen LogP) is 4.33. The molecule has 3 N–H and O–H groups in total. The highest BCUT2D eigenvalue weighted by atomic mass is 32.1. The first-order valence-electron chi connectivity index (χ1n) is 10.2. The molecule has 1 aromatic carbocycles. The molecule has 1 amide bonds. The van der Waals surface area contributed by atoms with Gasteiger partial charge in [0.2, 0.25) is 5.91 Å². The van der Waals surface area contributed by atoms with Crippen molar-refractivity contribution in [3.8, 4) is 0 Å². The van der Waals surface area contributed by atoms with Gasteiger partial charge in [-0.1, -0.05) is 38.8 Å². The van der Waals surface area contributed by atoms with E-state index in [4.69, 9.17) is 12.2 Å². The van der Waals surface area contributed by atoms with Gasteiger partial charge in [0.25, 0.3) is 0 Å². The van der Waals surface area contributed by atoms with E-state index in [0.29, 0.717) is 29.4 Å². The number of thiazole rings is 1. The number of aryl methyl sites for hydroxylation is 1. The molecule has 28 heavy (non-hydrogen) atoms. The Balaban J connectivity index is 1.30. The molecule has 3 rings (SSSR count). The minimum atomic E-state index is -0.0292. The molecule has 0 radical (unpaired) electrons. The van der Waals surface area contributed by atoms with Crippen LogP contribution in [0.2, 0.25) is 0 Å². The monoisotopic (exact) mass is 418 g/mol. The largest absolute Gasteiger partial charge is 0.358 e. The molecule has 152 valence electrons. The average Bonchev–Trinajstić information content (AvgIpc) is 3.10. The van der Waals surface area contributed by atoms with E-state index in [-0.39, 0.29) is 5.91 Å². The molecule has 0 aliphatic heterocycles. The average molecular weight is 419 g/mol. The Kier molecular flexibility index (Phi) is 7.62. The van der Waals surface area contributed by atoms with E-state index >= 15 is 0 Å². The van der Waals surface area contributed by atoms with Crippen LogP contribution in [0.5, 0.6) is 0 Å². The van der Waals surface area contributed by atoms with E-state index in [2.05, 4.69) is 41.1 Å². The first-order chi connectivity index (χ1) is 13.5. The maximum Gasteiger partial charge on any atom is 0.238 e. The number of fused-ring (bicyclic) bond motifs is 1. The van der Waals surface area contributed by atoms with Crippen molar-refractivity contribution in [3.63, 3.8) is 0 Å². The third-order valence-corrected chi connectivity index (χ3v) is 7.04. The molecule has 1 aromatic heterocycles. The number of nitrogens with one attached hydrogen (secondary N) is 3. The van der Waals surface area contributed by atoms with Gasteiger partial charge in [-0.05, 0) is 61.9 Å². The molecule has 0 spiro atoms. The molecular weight excluding hydrogens is 388 g/mol. The van der Waals surface area contributed by atoms with Crippen LogP contribution in [0.1, 0.15) is 57.4 Å². The van der Waals surface area contributed by atoms with Crippen molar-refractivity contribution >= 4 is 44.8 Å². The van der Waals surface area contributed by atoms with Gasteiger partial charge in [0, 0.05) is 12.5 Å². The van der Waals surface area contributed by atoms with Gasteiger partial charge in [-0.3, -0.25) is 15.6 Å². The van der Waals surface area contributed by atoms with Crippen molar-refractivity contribution in [1.29, 1.82) is 0 Å². The zero-order valence-corrected chi connectivity index (χ0v) is 18.3. The van der Waals surface area contributed by atoms with Crippen LogP contribution in [-0.4, -0.2) is 22.0 Å². The molecule has 0 unspecified atom stereocenters. The van der Waals surface area contributed by atoms with E-state index < -0.39 is 0 Å². The van der Waals surface area contributed by atoms with Crippen molar-refractivity contribution in [2.75, 3.05) is 0 Å². The van der Waals surface area contributed by atoms with Crippen molar-refractivity contribution in [3.05, 3.63) is 29.3 Å². The third kappa shape index (κ3) is 5.88. The zero-order chi connectivity index (χ0) is 19.9. The quantitative estimate of drug-likeness (QED) is 0.370. The lowest BCUT2D eigenvalue weighted by molar-refractivity contribution is -0.121. The minimum Gasteiger partial charge on any atom is -0.358 e. The molecule has 0 saturated heterocycles. The van der Waals surface area contributed by atoms with E-state index in [1.54, 1.807) is 11.3 Å². The number of hydrogen-bond donors (Lipinski definition) is 3. The standard InChI is InChI=1S/C21H30N4OS2/c1-14-8-7-10-16(15(14)2)23-21(27)25-24-19(26)12-5-6-13-20-22-17-9-3-4-11-18(17)28-20/h3-4,9,11,14-16H,5-8,10,12-13H2,1-2H3,(H,24,26)(H2,23,25,27)/t14-,15+,16+/m0/s1. The molecule has 3 atom stereocenters. The number of thiocarbonyl (C=S) groups is 1. The predicted molar refractivity (Wildman–Crippen MR) is 120 cm³/mol. The summed E-state index contributed by atoms with van der Waals surface area (Å²) in [4.78, 5) is 16.7. The number of hydrogen-bond acceptors (Lipinski definition) is 4. The molecule has 1 saturated carbocycles. The lowest BCUT2D eigenvalue weighted by Crippen LogP contribution is -2.52. The molecule has 1 fully saturated rings. The lowest BCUT2D eigenvalue weighted by atomic mass is 9.78. The molecule has 1 aliphatic rings. The van der Waals surface area contributed by atoms with Crippen molar-refractivity contribution < 1.29 is 4.79 Å². The van der Waals surface area contributed by atoms with Crippen LogP contribution in [-0.2, 0) is 11.2 Å². The topological polar surface area (TPSA) is 66.0 Å².